The summed E-state index contributed by atoms with van der Waals surface area (Å²) >= 11 is 0. The van der Waals surface area contributed by atoms with E-state index in [4.69, 9.17) is 4.42 Å². The van der Waals surface area contributed by atoms with Gasteiger partial charge in [-0.15, -0.1) is 0 Å². The van der Waals surface area contributed by atoms with Crippen LogP contribution in [0.4, 0.5) is 0 Å². The lowest BCUT2D eigenvalue weighted by molar-refractivity contribution is 0.168. The van der Waals surface area contributed by atoms with Gasteiger partial charge in [0.05, 0.1) is 12.5 Å². The zero-order valence-corrected chi connectivity index (χ0v) is 13.0. The van der Waals surface area contributed by atoms with E-state index in [1.807, 2.05) is 12.3 Å². The third-order valence-corrected chi connectivity index (χ3v) is 3.52. The minimum Gasteiger partial charge on any atom is -0.472 e. The second kappa shape index (κ2) is 8.39. The average molecular weight is 266 g/mol. The monoisotopic (exact) mass is 266 g/mol. The van der Waals surface area contributed by atoms with Crippen LogP contribution >= 0.6 is 0 Å². The second-order valence-corrected chi connectivity index (χ2v) is 6.04. The number of nitrogens with zero attached hydrogens (tertiary/aromatic N) is 1. The molecule has 19 heavy (non-hydrogen) atoms. The van der Waals surface area contributed by atoms with Crippen LogP contribution in [0.1, 0.15) is 45.6 Å². The quantitative estimate of drug-likeness (QED) is 0.657. The molecule has 0 aliphatic rings. The molecule has 1 unspecified atom stereocenters. The van der Waals surface area contributed by atoms with Crippen LogP contribution in [-0.4, -0.2) is 31.6 Å². The number of hydrogen-bond acceptors (Lipinski definition) is 3. The van der Waals surface area contributed by atoms with Crippen molar-refractivity contribution in [2.24, 2.45) is 5.41 Å². The van der Waals surface area contributed by atoms with E-state index in [2.05, 4.69) is 38.0 Å². The standard InChI is InChI=1S/C16H30N2O/c1-5-8-16(3,13-17-9-6-2)14-18(4)11-15-7-10-19-12-15/h7,10,12,17H,5-6,8-9,11,13-14H2,1-4H3. The molecule has 0 saturated carbocycles. The molecule has 0 fully saturated rings. The van der Waals surface area contributed by atoms with Gasteiger partial charge >= 0.3 is 0 Å². The van der Waals surface area contributed by atoms with Gasteiger partial charge in [-0.1, -0.05) is 27.2 Å². The van der Waals surface area contributed by atoms with Crippen molar-refractivity contribution in [1.82, 2.24) is 10.2 Å². The smallest absolute Gasteiger partial charge is 0.0947 e. The summed E-state index contributed by atoms with van der Waals surface area (Å²) in [5.41, 5.74) is 1.60. The molecule has 0 radical (unpaired) electrons. The molecular formula is C16H30N2O. The van der Waals surface area contributed by atoms with Crippen LogP contribution in [0.3, 0.4) is 0 Å². The van der Waals surface area contributed by atoms with Crippen molar-refractivity contribution < 1.29 is 4.42 Å². The molecule has 0 spiro atoms. The van der Waals surface area contributed by atoms with Crippen LogP contribution in [0.2, 0.25) is 0 Å². The van der Waals surface area contributed by atoms with Gasteiger partial charge in [0.25, 0.3) is 0 Å². The fourth-order valence-electron chi connectivity index (χ4n) is 2.80. The SMILES string of the molecule is CCCNCC(C)(CCC)CN(C)Cc1ccoc1. The van der Waals surface area contributed by atoms with Crippen LogP contribution in [0.25, 0.3) is 0 Å². The van der Waals surface area contributed by atoms with Crippen molar-refractivity contribution in [2.45, 2.75) is 46.6 Å². The lowest BCUT2D eigenvalue weighted by Crippen LogP contribution is -2.41. The molecular weight excluding hydrogens is 236 g/mol. The first-order chi connectivity index (χ1) is 9.09. The van der Waals surface area contributed by atoms with E-state index in [1.165, 1.54) is 24.8 Å². The molecule has 0 saturated heterocycles. The summed E-state index contributed by atoms with van der Waals surface area (Å²) < 4.78 is 5.13. The Bertz CT molecular complexity index is 323. The van der Waals surface area contributed by atoms with Gasteiger partial charge in [0.2, 0.25) is 0 Å². The highest BCUT2D eigenvalue weighted by Crippen LogP contribution is 2.24. The highest BCUT2D eigenvalue weighted by molar-refractivity contribution is 5.04. The van der Waals surface area contributed by atoms with Gasteiger partial charge in [-0.3, -0.25) is 0 Å². The number of nitrogens with one attached hydrogen (secondary N) is 1. The van der Waals surface area contributed by atoms with Gasteiger partial charge in [0, 0.05) is 25.2 Å². The van der Waals surface area contributed by atoms with E-state index in [9.17, 15) is 0 Å². The van der Waals surface area contributed by atoms with Gasteiger partial charge in [0.15, 0.2) is 0 Å². The summed E-state index contributed by atoms with van der Waals surface area (Å²) in [6.07, 6.45) is 7.29. The molecule has 0 aliphatic carbocycles. The van der Waals surface area contributed by atoms with Gasteiger partial charge in [-0.25, -0.2) is 0 Å². The van der Waals surface area contributed by atoms with Crippen LogP contribution in [-0.2, 0) is 6.54 Å². The van der Waals surface area contributed by atoms with E-state index < -0.39 is 0 Å². The summed E-state index contributed by atoms with van der Waals surface area (Å²) in [6, 6.07) is 2.04. The maximum atomic E-state index is 5.13. The molecule has 0 aromatic carbocycles. The minimum atomic E-state index is 0.350. The van der Waals surface area contributed by atoms with Crippen LogP contribution in [0.15, 0.2) is 23.0 Å². The summed E-state index contributed by atoms with van der Waals surface area (Å²) in [5, 5.41) is 3.58. The van der Waals surface area contributed by atoms with E-state index in [-0.39, 0.29) is 0 Å². The topological polar surface area (TPSA) is 28.4 Å². The van der Waals surface area contributed by atoms with Crippen LogP contribution in [0, 0.1) is 5.41 Å². The lowest BCUT2D eigenvalue weighted by atomic mass is 9.84. The zero-order chi connectivity index (χ0) is 14.1. The fourth-order valence-corrected chi connectivity index (χ4v) is 2.80. The first-order valence-electron chi connectivity index (χ1n) is 7.50. The third kappa shape index (κ3) is 6.26. The molecule has 1 heterocycles. The van der Waals surface area contributed by atoms with E-state index in [1.54, 1.807) is 6.26 Å². The Morgan fingerprint density at radius 3 is 2.68 bits per heavy atom. The molecule has 3 heteroatoms. The minimum absolute atomic E-state index is 0.350. The van der Waals surface area contributed by atoms with Crippen molar-refractivity contribution >= 4 is 0 Å². The van der Waals surface area contributed by atoms with Gasteiger partial charge in [-0.05, 0) is 37.9 Å². The first-order valence-corrected chi connectivity index (χ1v) is 7.50. The summed E-state index contributed by atoms with van der Waals surface area (Å²) in [6.45, 7) is 11.2. The number of hydrogen-bond donors (Lipinski definition) is 1. The highest BCUT2D eigenvalue weighted by Gasteiger charge is 2.24. The van der Waals surface area contributed by atoms with Crippen molar-refractivity contribution in [3.8, 4) is 0 Å². The predicted molar refractivity (Wildman–Crippen MR) is 81.2 cm³/mol. The van der Waals surface area contributed by atoms with E-state index in [0.717, 1.165) is 26.2 Å². The van der Waals surface area contributed by atoms with Crippen molar-refractivity contribution in [3.05, 3.63) is 24.2 Å². The Kier molecular flexibility index (Phi) is 7.17. The van der Waals surface area contributed by atoms with E-state index >= 15 is 0 Å². The highest BCUT2D eigenvalue weighted by atomic mass is 16.3. The first kappa shape index (κ1) is 16.3. The zero-order valence-electron chi connectivity index (χ0n) is 13.0. The molecule has 1 aromatic rings. The Labute approximate surface area is 118 Å². The lowest BCUT2D eigenvalue weighted by Gasteiger charge is -2.34. The summed E-state index contributed by atoms with van der Waals surface area (Å²) in [7, 11) is 2.20. The summed E-state index contributed by atoms with van der Waals surface area (Å²) in [4.78, 5) is 2.40. The Morgan fingerprint density at radius 2 is 2.11 bits per heavy atom. The maximum absolute atomic E-state index is 5.13. The number of rotatable bonds is 10. The molecule has 1 atom stereocenters. The number of furan rings is 1. The van der Waals surface area contributed by atoms with Crippen LogP contribution in [0.5, 0.6) is 0 Å². The molecule has 1 rings (SSSR count). The molecule has 110 valence electrons. The summed E-state index contributed by atoms with van der Waals surface area (Å²) in [5.74, 6) is 0. The normalized spacial score (nSPS) is 14.8. The fraction of sp³-hybridized carbons (Fsp3) is 0.750. The average Bonchev–Trinajstić information content (AvgIpc) is 2.82. The van der Waals surface area contributed by atoms with Crippen LogP contribution < -0.4 is 5.32 Å². The van der Waals surface area contributed by atoms with Gasteiger partial charge < -0.3 is 14.6 Å². The molecule has 0 bridgehead atoms. The van der Waals surface area contributed by atoms with Gasteiger partial charge in [-0.2, -0.15) is 0 Å². The molecule has 1 aromatic heterocycles. The molecule has 0 amide bonds. The Morgan fingerprint density at radius 1 is 1.32 bits per heavy atom. The van der Waals surface area contributed by atoms with Gasteiger partial charge in [0.1, 0.15) is 0 Å². The van der Waals surface area contributed by atoms with Crippen molar-refractivity contribution in [3.63, 3.8) is 0 Å². The van der Waals surface area contributed by atoms with E-state index in [0.29, 0.717) is 5.41 Å². The molecule has 1 N–H and O–H groups in total. The predicted octanol–water partition coefficient (Wildman–Crippen LogP) is 3.52. The van der Waals surface area contributed by atoms with Crippen molar-refractivity contribution in [2.75, 3.05) is 26.7 Å². The molecule has 0 aliphatic heterocycles. The second-order valence-electron chi connectivity index (χ2n) is 6.04. The third-order valence-electron chi connectivity index (χ3n) is 3.52. The van der Waals surface area contributed by atoms with Crippen molar-refractivity contribution in [1.29, 1.82) is 0 Å². The molecule has 3 nitrogen and oxygen atoms in total. The largest absolute Gasteiger partial charge is 0.472 e. The Balaban J connectivity index is 2.46. The maximum Gasteiger partial charge on any atom is 0.0947 e. The Hall–Kier alpha value is -0.800.